The zero-order valence-electron chi connectivity index (χ0n) is 11.4. The van der Waals surface area contributed by atoms with Gasteiger partial charge in [-0.15, -0.1) is 0 Å². The van der Waals surface area contributed by atoms with Gasteiger partial charge in [-0.3, -0.25) is 0 Å². The Hall–Kier alpha value is -2.16. The number of nitrogen functional groups attached to an aromatic ring is 1. The highest BCUT2D eigenvalue weighted by Gasteiger charge is 2.21. The van der Waals surface area contributed by atoms with E-state index in [4.69, 9.17) is 5.73 Å². The first kappa shape index (κ1) is 11.9. The molecule has 0 spiro atoms. The molecule has 0 aliphatic carbocycles. The lowest BCUT2D eigenvalue weighted by Gasteiger charge is -2.25. The van der Waals surface area contributed by atoms with Crippen LogP contribution in [-0.4, -0.2) is 14.1 Å². The van der Waals surface area contributed by atoms with Crippen molar-refractivity contribution in [3.8, 4) is 0 Å². The van der Waals surface area contributed by atoms with Crippen LogP contribution in [0, 0.1) is 0 Å². The summed E-state index contributed by atoms with van der Waals surface area (Å²) in [4.78, 5) is 4.56. The van der Waals surface area contributed by atoms with Crippen LogP contribution in [0.25, 0.3) is 0 Å². The molecule has 0 saturated heterocycles. The molecule has 3 nitrogen and oxygen atoms in total. The van der Waals surface area contributed by atoms with Crippen molar-refractivity contribution in [2.45, 2.75) is 13.1 Å². The molecule has 1 aliphatic rings. The highest BCUT2D eigenvalue weighted by atomic mass is 15.2. The van der Waals surface area contributed by atoms with Crippen molar-refractivity contribution in [1.29, 1.82) is 0 Å². The largest absolute Gasteiger partial charge is 0.399 e. The van der Waals surface area contributed by atoms with Crippen molar-refractivity contribution in [2.75, 3.05) is 29.6 Å². The average Bonchev–Trinajstić information content (AvgIpc) is 2.81. The molecule has 1 aliphatic heterocycles. The number of nitrogens with zero attached hydrogens (tertiary/aromatic N) is 2. The molecule has 0 amide bonds. The van der Waals surface area contributed by atoms with E-state index in [0.717, 1.165) is 18.8 Å². The van der Waals surface area contributed by atoms with Crippen molar-refractivity contribution in [3.63, 3.8) is 0 Å². The van der Waals surface area contributed by atoms with E-state index in [2.05, 4.69) is 60.3 Å². The van der Waals surface area contributed by atoms with Gasteiger partial charge in [0.1, 0.15) is 0 Å². The first-order valence-corrected chi connectivity index (χ1v) is 6.54. The highest BCUT2D eigenvalue weighted by Crippen LogP contribution is 2.34. The SMILES string of the molecule is CN(C)c1ccccc1N1Cc2ccc(N)cc2C1. The van der Waals surface area contributed by atoms with E-state index in [-0.39, 0.29) is 0 Å². The van der Waals surface area contributed by atoms with Crippen LogP contribution in [0.5, 0.6) is 0 Å². The zero-order chi connectivity index (χ0) is 13.4. The molecule has 19 heavy (non-hydrogen) atoms. The predicted molar refractivity (Wildman–Crippen MR) is 81.5 cm³/mol. The fraction of sp³-hybridized carbons (Fsp3) is 0.250. The molecule has 0 radical (unpaired) electrons. The van der Waals surface area contributed by atoms with Crippen molar-refractivity contribution in [3.05, 3.63) is 53.6 Å². The third-order valence-corrected chi connectivity index (χ3v) is 3.66. The smallest absolute Gasteiger partial charge is 0.0609 e. The molecule has 98 valence electrons. The third-order valence-electron chi connectivity index (χ3n) is 3.66. The lowest BCUT2D eigenvalue weighted by molar-refractivity contribution is 0.876. The van der Waals surface area contributed by atoms with Crippen LogP contribution in [-0.2, 0) is 13.1 Å². The van der Waals surface area contributed by atoms with Gasteiger partial charge in [-0.2, -0.15) is 0 Å². The number of rotatable bonds is 2. The van der Waals surface area contributed by atoms with E-state index in [1.165, 1.54) is 22.5 Å². The van der Waals surface area contributed by atoms with E-state index in [1.807, 2.05) is 6.07 Å². The van der Waals surface area contributed by atoms with Gasteiger partial charge < -0.3 is 15.5 Å². The Bertz CT molecular complexity index is 605. The quantitative estimate of drug-likeness (QED) is 0.835. The van der Waals surface area contributed by atoms with Crippen LogP contribution >= 0.6 is 0 Å². The second-order valence-electron chi connectivity index (χ2n) is 5.27. The maximum atomic E-state index is 5.87. The summed E-state index contributed by atoms with van der Waals surface area (Å²) >= 11 is 0. The monoisotopic (exact) mass is 253 g/mol. The topological polar surface area (TPSA) is 32.5 Å². The Labute approximate surface area is 114 Å². The van der Waals surface area contributed by atoms with Crippen LogP contribution in [0.3, 0.4) is 0 Å². The fourth-order valence-electron chi connectivity index (χ4n) is 2.69. The van der Waals surface area contributed by atoms with Gasteiger partial charge in [-0.1, -0.05) is 18.2 Å². The van der Waals surface area contributed by atoms with Crippen LogP contribution in [0.4, 0.5) is 17.1 Å². The van der Waals surface area contributed by atoms with Crippen molar-refractivity contribution in [1.82, 2.24) is 0 Å². The van der Waals surface area contributed by atoms with Crippen LogP contribution in [0.1, 0.15) is 11.1 Å². The molecule has 0 aromatic heterocycles. The van der Waals surface area contributed by atoms with Crippen molar-refractivity contribution >= 4 is 17.1 Å². The minimum Gasteiger partial charge on any atom is -0.399 e. The van der Waals surface area contributed by atoms with Gasteiger partial charge >= 0.3 is 0 Å². The van der Waals surface area contributed by atoms with E-state index >= 15 is 0 Å². The number of anilines is 3. The molecule has 3 heteroatoms. The zero-order valence-corrected chi connectivity index (χ0v) is 11.4. The van der Waals surface area contributed by atoms with Crippen molar-refractivity contribution in [2.24, 2.45) is 0 Å². The second-order valence-corrected chi connectivity index (χ2v) is 5.27. The second kappa shape index (κ2) is 4.50. The predicted octanol–water partition coefficient (Wildman–Crippen LogP) is 2.86. The van der Waals surface area contributed by atoms with Gasteiger partial charge in [0, 0.05) is 32.9 Å². The van der Waals surface area contributed by atoms with E-state index in [0.29, 0.717) is 0 Å². The average molecular weight is 253 g/mol. The lowest BCUT2D eigenvalue weighted by atomic mass is 10.1. The lowest BCUT2D eigenvalue weighted by Crippen LogP contribution is -2.19. The van der Waals surface area contributed by atoms with Crippen LogP contribution < -0.4 is 15.5 Å². The van der Waals surface area contributed by atoms with E-state index < -0.39 is 0 Å². The summed E-state index contributed by atoms with van der Waals surface area (Å²) in [5.41, 5.74) is 12.0. The summed E-state index contributed by atoms with van der Waals surface area (Å²) in [7, 11) is 4.17. The summed E-state index contributed by atoms with van der Waals surface area (Å²) in [6.45, 7) is 1.89. The van der Waals surface area contributed by atoms with Crippen molar-refractivity contribution < 1.29 is 0 Å². The molecule has 0 saturated carbocycles. The molecular formula is C16H19N3. The maximum Gasteiger partial charge on any atom is 0.0609 e. The Balaban J connectivity index is 1.95. The molecule has 1 heterocycles. The number of hydrogen-bond donors (Lipinski definition) is 1. The Morgan fingerprint density at radius 3 is 2.53 bits per heavy atom. The molecule has 0 unspecified atom stereocenters. The van der Waals surface area contributed by atoms with Gasteiger partial charge in [0.05, 0.1) is 11.4 Å². The minimum atomic E-state index is 0.849. The molecule has 0 bridgehead atoms. The summed E-state index contributed by atoms with van der Waals surface area (Å²) in [6.07, 6.45) is 0. The Morgan fingerprint density at radius 2 is 1.74 bits per heavy atom. The highest BCUT2D eigenvalue weighted by molar-refractivity contribution is 5.72. The Morgan fingerprint density at radius 1 is 1.00 bits per heavy atom. The normalized spacial score (nSPS) is 13.5. The summed E-state index contributed by atoms with van der Waals surface area (Å²) < 4.78 is 0. The number of nitrogens with two attached hydrogens (primary N) is 1. The summed E-state index contributed by atoms with van der Waals surface area (Å²) in [5, 5.41) is 0. The van der Waals surface area contributed by atoms with Gasteiger partial charge in [0.25, 0.3) is 0 Å². The Kier molecular flexibility index (Phi) is 2.82. The summed E-state index contributed by atoms with van der Waals surface area (Å²) in [6, 6.07) is 14.7. The standard InChI is InChI=1S/C16H19N3/c1-18(2)15-5-3-4-6-16(15)19-10-12-7-8-14(17)9-13(12)11-19/h3-9H,10-11,17H2,1-2H3. The first-order valence-electron chi connectivity index (χ1n) is 6.54. The van der Waals surface area contributed by atoms with Crippen LogP contribution in [0.15, 0.2) is 42.5 Å². The first-order chi connectivity index (χ1) is 9.15. The molecule has 2 aromatic rings. The molecule has 0 fully saturated rings. The van der Waals surface area contributed by atoms with E-state index in [9.17, 15) is 0 Å². The van der Waals surface area contributed by atoms with Gasteiger partial charge in [0.15, 0.2) is 0 Å². The number of benzene rings is 2. The molecule has 0 atom stereocenters. The third kappa shape index (κ3) is 2.12. The maximum absolute atomic E-state index is 5.87. The van der Waals surface area contributed by atoms with Gasteiger partial charge in [-0.05, 0) is 35.4 Å². The molecular weight excluding hydrogens is 234 g/mol. The number of fused-ring (bicyclic) bond motifs is 1. The minimum absolute atomic E-state index is 0.849. The van der Waals surface area contributed by atoms with Crippen LogP contribution in [0.2, 0.25) is 0 Å². The van der Waals surface area contributed by atoms with Gasteiger partial charge in [0.2, 0.25) is 0 Å². The molecule has 2 aromatic carbocycles. The van der Waals surface area contributed by atoms with E-state index in [1.54, 1.807) is 0 Å². The molecule has 2 N–H and O–H groups in total. The number of hydrogen-bond acceptors (Lipinski definition) is 3. The summed E-state index contributed by atoms with van der Waals surface area (Å²) in [5.74, 6) is 0. The van der Waals surface area contributed by atoms with Gasteiger partial charge in [-0.25, -0.2) is 0 Å². The fourth-order valence-corrected chi connectivity index (χ4v) is 2.69. The molecule has 3 rings (SSSR count). The number of para-hydroxylation sites is 2.